The highest BCUT2D eigenvalue weighted by Crippen LogP contribution is 2.39. The largest absolute Gasteiger partial charge is 0.325 e. The SMILES string of the molecule is CCc1ccccc1NC(=O)CN1CCN(Cn2nc(-c3ccccc3F)n(C3CC3)c2=S)CC1. The van der Waals surface area contributed by atoms with Gasteiger partial charge in [0.25, 0.3) is 0 Å². The molecule has 184 valence electrons. The summed E-state index contributed by atoms with van der Waals surface area (Å²) in [4.78, 5) is 17.1. The number of carbonyl (C=O) groups is 1. The Morgan fingerprint density at radius 2 is 1.74 bits per heavy atom. The Kier molecular flexibility index (Phi) is 7.08. The molecular formula is C26H31FN6OS. The number of nitrogens with zero attached hydrogens (tertiary/aromatic N) is 5. The molecule has 1 aliphatic heterocycles. The van der Waals surface area contributed by atoms with Gasteiger partial charge in [0, 0.05) is 37.9 Å². The Bertz CT molecular complexity index is 1260. The number of amides is 1. The lowest BCUT2D eigenvalue weighted by atomic mass is 10.1. The molecule has 0 radical (unpaired) electrons. The maximum atomic E-state index is 14.5. The fourth-order valence-electron chi connectivity index (χ4n) is 4.62. The molecule has 0 spiro atoms. The normalized spacial score (nSPS) is 17.0. The molecule has 1 aromatic heterocycles. The lowest BCUT2D eigenvalue weighted by molar-refractivity contribution is -0.117. The molecule has 1 amide bonds. The first kappa shape index (κ1) is 23.8. The second kappa shape index (κ2) is 10.4. The van der Waals surface area contributed by atoms with Crippen molar-refractivity contribution in [2.75, 3.05) is 38.0 Å². The van der Waals surface area contributed by atoms with Gasteiger partial charge in [0.1, 0.15) is 5.82 Å². The first-order valence-electron chi connectivity index (χ1n) is 12.3. The van der Waals surface area contributed by atoms with Gasteiger partial charge in [0.2, 0.25) is 5.91 Å². The zero-order valence-corrected chi connectivity index (χ0v) is 20.8. The quantitative estimate of drug-likeness (QED) is 0.473. The molecule has 9 heteroatoms. The van der Waals surface area contributed by atoms with Crippen LogP contribution in [-0.2, 0) is 17.9 Å². The summed E-state index contributed by atoms with van der Waals surface area (Å²) in [5, 5.41) is 7.80. The number of hydrogen-bond acceptors (Lipinski definition) is 5. The fourth-order valence-corrected chi connectivity index (χ4v) is 4.96. The summed E-state index contributed by atoms with van der Waals surface area (Å²) in [6.07, 6.45) is 2.97. The van der Waals surface area contributed by atoms with Crippen LogP contribution in [0, 0.1) is 10.6 Å². The number of benzene rings is 2. The van der Waals surface area contributed by atoms with Crippen molar-refractivity contribution in [1.29, 1.82) is 0 Å². The monoisotopic (exact) mass is 494 g/mol. The van der Waals surface area contributed by atoms with E-state index in [9.17, 15) is 9.18 Å². The summed E-state index contributed by atoms with van der Waals surface area (Å²) in [5.41, 5.74) is 2.53. The summed E-state index contributed by atoms with van der Waals surface area (Å²) in [7, 11) is 0. The van der Waals surface area contributed by atoms with Crippen LogP contribution in [0.5, 0.6) is 0 Å². The second-order valence-electron chi connectivity index (χ2n) is 9.28. The maximum Gasteiger partial charge on any atom is 0.238 e. The Labute approximate surface area is 210 Å². The van der Waals surface area contributed by atoms with Crippen LogP contribution in [0.4, 0.5) is 10.1 Å². The van der Waals surface area contributed by atoms with E-state index in [1.54, 1.807) is 12.1 Å². The molecule has 2 aliphatic rings. The number of halogens is 1. The van der Waals surface area contributed by atoms with Crippen LogP contribution in [0.3, 0.4) is 0 Å². The van der Waals surface area contributed by atoms with Crippen molar-refractivity contribution in [3.8, 4) is 11.4 Å². The fraction of sp³-hybridized carbons (Fsp3) is 0.423. The molecule has 1 saturated heterocycles. The molecular weight excluding hydrogens is 463 g/mol. The van der Waals surface area contributed by atoms with Crippen LogP contribution >= 0.6 is 12.2 Å². The molecule has 7 nitrogen and oxygen atoms in total. The van der Waals surface area contributed by atoms with Gasteiger partial charge in [-0.3, -0.25) is 19.2 Å². The molecule has 5 rings (SSSR count). The number of rotatable bonds is 8. The molecule has 0 bridgehead atoms. The molecule has 3 aromatic rings. The van der Waals surface area contributed by atoms with Crippen molar-refractivity contribution in [2.24, 2.45) is 0 Å². The minimum atomic E-state index is -0.282. The zero-order chi connectivity index (χ0) is 24.4. The van der Waals surface area contributed by atoms with E-state index in [-0.39, 0.29) is 11.7 Å². The molecule has 1 aliphatic carbocycles. The summed E-state index contributed by atoms with van der Waals surface area (Å²) in [5.74, 6) is 0.340. The van der Waals surface area contributed by atoms with Crippen LogP contribution in [0.1, 0.15) is 31.4 Å². The van der Waals surface area contributed by atoms with Gasteiger partial charge in [0.15, 0.2) is 10.6 Å². The Morgan fingerprint density at radius 3 is 2.46 bits per heavy atom. The van der Waals surface area contributed by atoms with Crippen LogP contribution in [0.2, 0.25) is 0 Å². The van der Waals surface area contributed by atoms with E-state index in [0.717, 1.165) is 56.7 Å². The minimum absolute atomic E-state index is 0.0132. The number of aryl methyl sites for hydroxylation is 1. The van der Waals surface area contributed by atoms with Gasteiger partial charge >= 0.3 is 0 Å². The van der Waals surface area contributed by atoms with Crippen molar-refractivity contribution < 1.29 is 9.18 Å². The number of aromatic nitrogens is 3. The third-order valence-electron chi connectivity index (χ3n) is 6.74. The van der Waals surface area contributed by atoms with Crippen LogP contribution in [0.15, 0.2) is 48.5 Å². The molecule has 1 saturated carbocycles. The number of nitrogens with one attached hydrogen (secondary N) is 1. The van der Waals surface area contributed by atoms with Crippen molar-refractivity contribution in [3.63, 3.8) is 0 Å². The lowest BCUT2D eigenvalue weighted by Crippen LogP contribution is -2.49. The highest BCUT2D eigenvalue weighted by Gasteiger charge is 2.30. The van der Waals surface area contributed by atoms with Crippen LogP contribution < -0.4 is 5.32 Å². The van der Waals surface area contributed by atoms with Gasteiger partial charge in [-0.25, -0.2) is 9.07 Å². The van der Waals surface area contributed by atoms with Gasteiger partial charge in [-0.05, 0) is 55.2 Å². The smallest absolute Gasteiger partial charge is 0.238 e. The average Bonchev–Trinajstić information content (AvgIpc) is 3.65. The first-order chi connectivity index (χ1) is 17.0. The Morgan fingerprint density at radius 1 is 1.06 bits per heavy atom. The molecule has 2 aromatic carbocycles. The van der Waals surface area contributed by atoms with E-state index in [4.69, 9.17) is 17.3 Å². The molecule has 2 fully saturated rings. The molecule has 1 N–H and O–H groups in total. The summed E-state index contributed by atoms with van der Waals surface area (Å²) in [6, 6.07) is 15.0. The third-order valence-corrected chi connectivity index (χ3v) is 7.14. The van der Waals surface area contributed by atoms with E-state index in [2.05, 4.69) is 22.0 Å². The maximum absolute atomic E-state index is 14.5. The Balaban J connectivity index is 1.20. The highest BCUT2D eigenvalue weighted by atomic mass is 32.1. The topological polar surface area (TPSA) is 58.3 Å². The number of para-hydroxylation sites is 1. The first-order valence-corrected chi connectivity index (χ1v) is 12.7. The van der Waals surface area contributed by atoms with Gasteiger partial charge in [-0.2, -0.15) is 5.10 Å². The van der Waals surface area contributed by atoms with E-state index >= 15 is 0 Å². The van der Waals surface area contributed by atoms with Crippen molar-refractivity contribution >= 4 is 23.8 Å². The number of piperazine rings is 1. The third kappa shape index (κ3) is 5.37. The highest BCUT2D eigenvalue weighted by molar-refractivity contribution is 7.71. The van der Waals surface area contributed by atoms with Gasteiger partial charge in [0.05, 0.1) is 18.8 Å². The Hall–Kier alpha value is -2.88. The lowest BCUT2D eigenvalue weighted by Gasteiger charge is -2.34. The molecule has 2 heterocycles. The number of hydrogen-bond donors (Lipinski definition) is 1. The van der Waals surface area contributed by atoms with Crippen LogP contribution in [0.25, 0.3) is 11.4 Å². The molecule has 0 unspecified atom stereocenters. The number of carbonyl (C=O) groups excluding carboxylic acids is 1. The van der Waals surface area contributed by atoms with Crippen molar-refractivity contribution in [1.82, 2.24) is 24.1 Å². The van der Waals surface area contributed by atoms with E-state index < -0.39 is 0 Å². The van der Waals surface area contributed by atoms with Gasteiger partial charge < -0.3 is 5.32 Å². The van der Waals surface area contributed by atoms with Gasteiger partial charge in [-0.15, -0.1) is 0 Å². The predicted molar refractivity (Wildman–Crippen MR) is 137 cm³/mol. The summed E-state index contributed by atoms with van der Waals surface area (Å²) >= 11 is 5.75. The summed E-state index contributed by atoms with van der Waals surface area (Å²) < 4.78 is 19.0. The van der Waals surface area contributed by atoms with Crippen molar-refractivity contribution in [3.05, 3.63) is 64.7 Å². The number of anilines is 1. The van der Waals surface area contributed by atoms with Crippen molar-refractivity contribution in [2.45, 2.75) is 38.9 Å². The summed E-state index contributed by atoms with van der Waals surface area (Å²) in [6.45, 7) is 6.23. The van der Waals surface area contributed by atoms with Gasteiger partial charge in [-0.1, -0.05) is 37.3 Å². The average molecular weight is 495 g/mol. The predicted octanol–water partition coefficient (Wildman–Crippen LogP) is 4.33. The van der Waals surface area contributed by atoms with E-state index in [0.29, 0.717) is 35.4 Å². The minimum Gasteiger partial charge on any atom is -0.325 e. The molecule has 0 atom stereocenters. The molecule has 35 heavy (non-hydrogen) atoms. The standard InChI is InChI=1S/C26H31FN6OS/c1-2-19-7-3-6-10-23(19)28-24(34)17-30-13-15-31(16-14-30)18-32-26(35)33(20-11-12-20)25(29-32)21-8-4-5-9-22(21)27/h3-10,20H,2,11-18H2,1H3,(H,28,34). The van der Waals surface area contributed by atoms with E-state index in [1.807, 2.05) is 39.6 Å². The second-order valence-corrected chi connectivity index (χ2v) is 9.65. The van der Waals surface area contributed by atoms with E-state index in [1.165, 1.54) is 6.07 Å². The van der Waals surface area contributed by atoms with Crippen LogP contribution in [-0.4, -0.2) is 62.8 Å². The zero-order valence-electron chi connectivity index (χ0n) is 20.0.